The first-order chi connectivity index (χ1) is 7.38. The summed E-state index contributed by atoms with van der Waals surface area (Å²) in [6, 6.07) is 8.08. The molecule has 0 fully saturated rings. The Balaban J connectivity index is 2.15. The molecule has 1 aliphatic rings. The maximum absolute atomic E-state index is 5.11. The van der Waals surface area contributed by atoms with Gasteiger partial charge in [-0.15, -0.1) is 0 Å². The Bertz CT molecular complexity index is 376. The highest BCUT2D eigenvalue weighted by Gasteiger charge is 2.00. The van der Waals surface area contributed by atoms with Crippen molar-refractivity contribution in [3.05, 3.63) is 35.4 Å². The molecular formula is C13H15NO. The zero-order valence-electron chi connectivity index (χ0n) is 8.94. The molecule has 0 saturated carbocycles. The summed E-state index contributed by atoms with van der Waals surface area (Å²) in [4.78, 5) is 4.27. The molecule has 0 N–H and O–H groups in total. The summed E-state index contributed by atoms with van der Waals surface area (Å²) in [5, 5.41) is 0. The molecule has 1 heterocycles. The van der Waals surface area contributed by atoms with Gasteiger partial charge in [-0.1, -0.05) is 18.2 Å². The van der Waals surface area contributed by atoms with Crippen LogP contribution in [0.2, 0.25) is 0 Å². The van der Waals surface area contributed by atoms with Crippen LogP contribution in [0, 0.1) is 0 Å². The lowest BCUT2D eigenvalue weighted by atomic mass is 10.1. The molecule has 1 aromatic rings. The second kappa shape index (κ2) is 4.78. The molecule has 0 unspecified atom stereocenters. The summed E-state index contributed by atoms with van der Waals surface area (Å²) in [6.07, 6.45) is 6.46. The van der Waals surface area contributed by atoms with Gasteiger partial charge in [0.05, 0.1) is 7.11 Å². The van der Waals surface area contributed by atoms with E-state index in [1.807, 2.05) is 18.3 Å². The number of hydrogen-bond donors (Lipinski definition) is 0. The largest absolute Gasteiger partial charge is 0.497 e. The number of aliphatic imine (C=N–C) groups is 1. The van der Waals surface area contributed by atoms with Gasteiger partial charge in [0.1, 0.15) is 5.75 Å². The van der Waals surface area contributed by atoms with Crippen LogP contribution in [0.1, 0.15) is 18.4 Å². The average molecular weight is 201 g/mol. The van der Waals surface area contributed by atoms with Gasteiger partial charge < -0.3 is 4.74 Å². The Morgan fingerprint density at radius 1 is 1.27 bits per heavy atom. The van der Waals surface area contributed by atoms with Crippen molar-refractivity contribution in [2.75, 3.05) is 13.7 Å². The van der Waals surface area contributed by atoms with Crippen molar-refractivity contribution in [3.63, 3.8) is 0 Å². The van der Waals surface area contributed by atoms with E-state index < -0.39 is 0 Å². The monoisotopic (exact) mass is 201 g/mol. The molecule has 0 spiro atoms. The van der Waals surface area contributed by atoms with Crippen LogP contribution in [0.3, 0.4) is 0 Å². The third kappa shape index (κ3) is 2.69. The summed E-state index contributed by atoms with van der Waals surface area (Å²) < 4.78 is 5.11. The number of allylic oxidation sites excluding steroid dienone is 1. The Labute approximate surface area is 90.3 Å². The predicted octanol–water partition coefficient (Wildman–Crippen LogP) is 2.94. The third-order valence-electron chi connectivity index (χ3n) is 2.48. The normalized spacial score (nSPS) is 18.1. The van der Waals surface area contributed by atoms with Crippen molar-refractivity contribution in [3.8, 4) is 5.75 Å². The molecule has 0 bridgehead atoms. The third-order valence-corrected chi connectivity index (χ3v) is 2.48. The van der Waals surface area contributed by atoms with E-state index in [2.05, 4.69) is 23.2 Å². The number of benzene rings is 1. The molecule has 2 nitrogen and oxygen atoms in total. The summed E-state index contributed by atoms with van der Waals surface area (Å²) in [5.74, 6) is 0.898. The first-order valence-electron chi connectivity index (χ1n) is 5.23. The second-order valence-corrected chi connectivity index (χ2v) is 3.63. The van der Waals surface area contributed by atoms with Gasteiger partial charge in [-0.05, 0) is 36.1 Å². The summed E-state index contributed by atoms with van der Waals surface area (Å²) in [7, 11) is 1.68. The van der Waals surface area contributed by atoms with Crippen molar-refractivity contribution in [1.29, 1.82) is 0 Å². The first kappa shape index (κ1) is 9.97. The molecule has 2 heteroatoms. The summed E-state index contributed by atoms with van der Waals surface area (Å²) in [6.45, 7) is 0.972. The molecule has 15 heavy (non-hydrogen) atoms. The minimum Gasteiger partial charge on any atom is -0.497 e. The zero-order valence-corrected chi connectivity index (χ0v) is 8.94. The Morgan fingerprint density at radius 2 is 2.07 bits per heavy atom. The van der Waals surface area contributed by atoms with Crippen molar-refractivity contribution >= 4 is 12.3 Å². The van der Waals surface area contributed by atoms with Crippen LogP contribution in [-0.4, -0.2) is 19.9 Å². The standard InChI is InChI=1S/C13H15NO/c1-15-13-6-4-11(5-7-13)9-12-3-2-8-14-10-12/h4-7,9-10H,2-3,8H2,1H3/b12-9-. The van der Waals surface area contributed by atoms with Gasteiger partial charge in [-0.2, -0.15) is 0 Å². The smallest absolute Gasteiger partial charge is 0.118 e. The van der Waals surface area contributed by atoms with Crippen LogP contribution in [0.4, 0.5) is 0 Å². The molecule has 1 aliphatic heterocycles. The lowest BCUT2D eigenvalue weighted by Gasteiger charge is -2.06. The van der Waals surface area contributed by atoms with Crippen LogP contribution in [0.5, 0.6) is 5.75 Å². The van der Waals surface area contributed by atoms with Crippen LogP contribution in [0.25, 0.3) is 6.08 Å². The molecule has 0 aromatic heterocycles. The van der Waals surface area contributed by atoms with Gasteiger partial charge in [0.25, 0.3) is 0 Å². The molecule has 0 radical (unpaired) electrons. The van der Waals surface area contributed by atoms with Crippen LogP contribution in [0.15, 0.2) is 34.8 Å². The molecule has 2 rings (SSSR count). The zero-order chi connectivity index (χ0) is 10.5. The summed E-state index contributed by atoms with van der Waals surface area (Å²) >= 11 is 0. The minimum atomic E-state index is 0.898. The number of rotatable bonds is 2. The molecule has 0 saturated heterocycles. The number of methoxy groups -OCH3 is 1. The van der Waals surface area contributed by atoms with E-state index in [0.29, 0.717) is 0 Å². The maximum atomic E-state index is 5.11. The first-order valence-corrected chi connectivity index (χ1v) is 5.23. The Hall–Kier alpha value is -1.57. The van der Waals surface area contributed by atoms with Gasteiger partial charge >= 0.3 is 0 Å². The molecule has 0 amide bonds. The van der Waals surface area contributed by atoms with Gasteiger partial charge in [0.2, 0.25) is 0 Å². The highest BCUT2D eigenvalue weighted by molar-refractivity contribution is 5.86. The van der Waals surface area contributed by atoms with E-state index in [4.69, 9.17) is 4.74 Å². The predicted molar refractivity (Wildman–Crippen MR) is 63.6 cm³/mol. The SMILES string of the molecule is COc1ccc(/C=C2\C=NCCC2)cc1. The topological polar surface area (TPSA) is 21.6 Å². The average Bonchev–Trinajstić information content (AvgIpc) is 2.31. The Kier molecular flexibility index (Phi) is 3.18. The maximum Gasteiger partial charge on any atom is 0.118 e. The van der Waals surface area contributed by atoms with E-state index in [-0.39, 0.29) is 0 Å². The fourth-order valence-electron chi connectivity index (χ4n) is 1.64. The van der Waals surface area contributed by atoms with E-state index in [9.17, 15) is 0 Å². The second-order valence-electron chi connectivity index (χ2n) is 3.63. The van der Waals surface area contributed by atoms with Crippen LogP contribution < -0.4 is 4.74 Å². The van der Waals surface area contributed by atoms with Crippen molar-refractivity contribution in [1.82, 2.24) is 0 Å². The Morgan fingerprint density at radius 3 is 2.67 bits per heavy atom. The molecular weight excluding hydrogens is 186 g/mol. The van der Waals surface area contributed by atoms with E-state index in [1.54, 1.807) is 7.11 Å². The van der Waals surface area contributed by atoms with Gasteiger partial charge in [0.15, 0.2) is 0 Å². The van der Waals surface area contributed by atoms with Crippen LogP contribution >= 0.6 is 0 Å². The fraction of sp³-hybridized carbons (Fsp3) is 0.308. The van der Waals surface area contributed by atoms with Crippen molar-refractivity contribution in [2.45, 2.75) is 12.8 Å². The highest BCUT2D eigenvalue weighted by Crippen LogP contribution is 2.16. The van der Waals surface area contributed by atoms with E-state index in [1.165, 1.54) is 17.6 Å². The number of ether oxygens (including phenoxy) is 1. The molecule has 0 aliphatic carbocycles. The lowest BCUT2D eigenvalue weighted by Crippen LogP contribution is -1.96. The molecule has 78 valence electrons. The van der Waals surface area contributed by atoms with Gasteiger partial charge in [-0.25, -0.2) is 0 Å². The minimum absolute atomic E-state index is 0.898. The van der Waals surface area contributed by atoms with Crippen molar-refractivity contribution < 1.29 is 4.74 Å². The highest BCUT2D eigenvalue weighted by atomic mass is 16.5. The lowest BCUT2D eigenvalue weighted by molar-refractivity contribution is 0.415. The van der Waals surface area contributed by atoms with Crippen LogP contribution in [-0.2, 0) is 0 Å². The van der Waals surface area contributed by atoms with Gasteiger partial charge in [-0.3, -0.25) is 4.99 Å². The van der Waals surface area contributed by atoms with E-state index >= 15 is 0 Å². The fourth-order valence-corrected chi connectivity index (χ4v) is 1.64. The number of hydrogen-bond acceptors (Lipinski definition) is 2. The quantitative estimate of drug-likeness (QED) is 0.721. The van der Waals surface area contributed by atoms with Crippen molar-refractivity contribution in [2.24, 2.45) is 4.99 Å². The molecule has 0 atom stereocenters. The van der Waals surface area contributed by atoms with Gasteiger partial charge in [0, 0.05) is 12.8 Å². The molecule has 1 aromatic carbocycles. The number of nitrogens with zero attached hydrogens (tertiary/aromatic N) is 1. The van der Waals surface area contributed by atoms with E-state index in [0.717, 1.165) is 18.7 Å². The summed E-state index contributed by atoms with van der Waals surface area (Å²) in [5.41, 5.74) is 2.52.